The lowest BCUT2D eigenvalue weighted by Crippen LogP contribution is -2.43. The summed E-state index contributed by atoms with van der Waals surface area (Å²) in [5.41, 5.74) is 2.71. The number of carbonyl (C=O) groups is 1. The Labute approximate surface area is 229 Å². The van der Waals surface area contributed by atoms with Crippen molar-refractivity contribution in [2.24, 2.45) is 0 Å². The maximum absolute atomic E-state index is 12.6. The molecule has 0 bridgehead atoms. The summed E-state index contributed by atoms with van der Waals surface area (Å²) in [5, 5.41) is 1.06. The van der Waals surface area contributed by atoms with Crippen LogP contribution in [-0.4, -0.2) is 53.0 Å². The SMILES string of the molecule is COc1cc(OC)c(Cl)c(C2=Cc3cnc(Cl)cc3N(CCCO[Si](C)(C)C(C)(C)C)C2C=O)c1Cl. The number of carbonyl (C=O) groups excluding carboxylic acids is 1. The van der Waals surface area contributed by atoms with E-state index in [1.54, 1.807) is 18.3 Å². The van der Waals surface area contributed by atoms with Crippen LogP contribution in [0.5, 0.6) is 11.5 Å². The normalized spacial score (nSPS) is 15.9. The summed E-state index contributed by atoms with van der Waals surface area (Å²) >= 11 is 19.7. The van der Waals surface area contributed by atoms with Crippen molar-refractivity contribution in [2.45, 2.75) is 51.4 Å². The van der Waals surface area contributed by atoms with E-state index in [4.69, 9.17) is 48.7 Å². The van der Waals surface area contributed by atoms with Gasteiger partial charge >= 0.3 is 0 Å². The van der Waals surface area contributed by atoms with E-state index < -0.39 is 14.4 Å². The number of rotatable bonds is 9. The maximum atomic E-state index is 12.6. The van der Waals surface area contributed by atoms with Gasteiger partial charge in [-0.15, -0.1) is 0 Å². The number of pyridine rings is 1. The molecule has 36 heavy (non-hydrogen) atoms. The van der Waals surface area contributed by atoms with E-state index in [2.05, 4.69) is 38.8 Å². The Bertz CT molecular complexity index is 1140. The molecule has 196 valence electrons. The molecule has 1 aromatic carbocycles. The third-order valence-corrected chi connectivity index (χ3v) is 12.5. The van der Waals surface area contributed by atoms with Crippen LogP contribution in [0.1, 0.15) is 38.3 Å². The number of methoxy groups -OCH3 is 2. The molecule has 1 aliphatic heterocycles. The predicted molar refractivity (Wildman–Crippen MR) is 152 cm³/mol. The molecule has 0 aliphatic carbocycles. The van der Waals surface area contributed by atoms with Crippen molar-refractivity contribution in [3.05, 3.63) is 44.7 Å². The molecule has 2 heterocycles. The number of benzene rings is 1. The van der Waals surface area contributed by atoms with Crippen LogP contribution in [0.4, 0.5) is 5.69 Å². The maximum Gasteiger partial charge on any atom is 0.191 e. The number of aromatic nitrogens is 1. The van der Waals surface area contributed by atoms with Gasteiger partial charge in [-0.25, -0.2) is 4.98 Å². The summed E-state index contributed by atoms with van der Waals surface area (Å²) in [6.45, 7) is 12.2. The van der Waals surface area contributed by atoms with Crippen LogP contribution in [-0.2, 0) is 9.22 Å². The fourth-order valence-electron chi connectivity index (χ4n) is 3.91. The fraction of sp³-hybridized carbons (Fsp3) is 0.462. The van der Waals surface area contributed by atoms with Gasteiger partial charge in [0.15, 0.2) is 8.32 Å². The molecular formula is C26H33Cl3N2O4Si. The summed E-state index contributed by atoms with van der Waals surface area (Å²) < 4.78 is 17.3. The lowest BCUT2D eigenvalue weighted by Gasteiger charge is -2.38. The van der Waals surface area contributed by atoms with Gasteiger partial charge < -0.3 is 23.6 Å². The van der Waals surface area contributed by atoms with Gasteiger partial charge in [-0.1, -0.05) is 55.6 Å². The Hall–Kier alpha value is -1.77. The van der Waals surface area contributed by atoms with E-state index in [0.717, 1.165) is 17.5 Å². The zero-order valence-corrected chi connectivity index (χ0v) is 25.0. The predicted octanol–water partition coefficient (Wildman–Crippen LogP) is 7.40. The van der Waals surface area contributed by atoms with Crippen LogP contribution < -0.4 is 14.4 Å². The van der Waals surface area contributed by atoms with Gasteiger partial charge in [0.25, 0.3) is 0 Å². The van der Waals surface area contributed by atoms with Crippen molar-refractivity contribution in [3.63, 3.8) is 0 Å². The van der Waals surface area contributed by atoms with Crippen LogP contribution in [0, 0.1) is 0 Å². The summed E-state index contributed by atoms with van der Waals surface area (Å²) in [6, 6.07) is 2.72. The van der Waals surface area contributed by atoms with Crippen LogP contribution in [0.25, 0.3) is 11.6 Å². The van der Waals surface area contributed by atoms with Crippen LogP contribution in [0.2, 0.25) is 33.3 Å². The number of ether oxygens (including phenoxy) is 2. The zero-order valence-electron chi connectivity index (χ0n) is 21.7. The monoisotopic (exact) mass is 570 g/mol. The second kappa shape index (κ2) is 11.3. The first kappa shape index (κ1) is 28.8. The molecule has 0 saturated carbocycles. The summed E-state index contributed by atoms with van der Waals surface area (Å²) in [5.74, 6) is 0.792. The van der Waals surface area contributed by atoms with Crippen molar-refractivity contribution in [1.82, 2.24) is 4.98 Å². The molecule has 0 radical (unpaired) electrons. The Kier molecular flexibility index (Phi) is 9.05. The lowest BCUT2D eigenvalue weighted by atomic mass is 9.90. The Morgan fingerprint density at radius 1 is 1.08 bits per heavy atom. The molecule has 0 amide bonds. The van der Waals surface area contributed by atoms with Crippen molar-refractivity contribution in [2.75, 3.05) is 32.3 Å². The standard InChI is InChI=1S/C26H33Cl3N2O4Si/c1-26(2,3)36(6,7)35-10-8-9-31-18-12-22(27)30-14-16(18)11-17(19(31)15-32)23-24(28)20(33-4)13-21(34-5)25(23)29/h11-15,19H,8-10H2,1-7H3. The van der Waals surface area contributed by atoms with Crippen LogP contribution in [0.3, 0.4) is 0 Å². The second-order valence-electron chi connectivity index (χ2n) is 10.2. The lowest BCUT2D eigenvalue weighted by molar-refractivity contribution is -0.108. The Morgan fingerprint density at radius 2 is 1.69 bits per heavy atom. The van der Waals surface area contributed by atoms with Gasteiger partial charge in [-0.2, -0.15) is 0 Å². The molecular weight excluding hydrogens is 539 g/mol. The molecule has 1 unspecified atom stereocenters. The quantitative estimate of drug-likeness (QED) is 0.135. The highest BCUT2D eigenvalue weighted by Crippen LogP contribution is 2.48. The third kappa shape index (κ3) is 5.70. The van der Waals surface area contributed by atoms with E-state index in [1.165, 1.54) is 14.2 Å². The highest BCUT2D eigenvalue weighted by atomic mass is 35.5. The van der Waals surface area contributed by atoms with Crippen molar-refractivity contribution >= 4 is 66.7 Å². The molecule has 3 rings (SSSR count). The van der Waals surface area contributed by atoms with E-state index in [-0.39, 0.29) is 5.04 Å². The average Bonchev–Trinajstić information content (AvgIpc) is 2.81. The molecule has 0 N–H and O–H groups in total. The molecule has 10 heteroatoms. The average molecular weight is 572 g/mol. The molecule has 1 aromatic heterocycles. The molecule has 0 saturated heterocycles. The first-order valence-electron chi connectivity index (χ1n) is 11.7. The Morgan fingerprint density at radius 3 is 2.22 bits per heavy atom. The number of hydrogen-bond donors (Lipinski definition) is 0. The topological polar surface area (TPSA) is 60.9 Å². The minimum absolute atomic E-state index is 0.115. The van der Waals surface area contributed by atoms with Gasteiger partial charge in [0.1, 0.15) is 29.0 Å². The molecule has 2 aromatic rings. The highest BCUT2D eigenvalue weighted by Gasteiger charge is 2.37. The van der Waals surface area contributed by atoms with Gasteiger partial charge in [0, 0.05) is 42.2 Å². The second-order valence-corrected chi connectivity index (χ2v) is 16.1. The molecule has 0 spiro atoms. The largest absolute Gasteiger partial charge is 0.495 e. The number of hydrogen-bond acceptors (Lipinski definition) is 6. The summed E-state index contributed by atoms with van der Waals surface area (Å²) in [6.07, 6.45) is 5.15. The number of nitrogens with zero attached hydrogens (tertiary/aromatic N) is 2. The number of anilines is 1. The minimum Gasteiger partial charge on any atom is -0.495 e. The summed E-state index contributed by atoms with van der Waals surface area (Å²) in [7, 11) is 1.14. The van der Waals surface area contributed by atoms with E-state index in [9.17, 15) is 4.79 Å². The Balaban J connectivity index is 2.04. The fourth-order valence-corrected chi connectivity index (χ4v) is 5.86. The van der Waals surface area contributed by atoms with Crippen LogP contribution >= 0.6 is 34.8 Å². The molecule has 6 nitrogen and oxygen atoms in total. The number of fused-ring (bicyclic) bond motifs is 1. The first-order valence-corrected chi connectivity index (χ1v) is 15.7. The number of halogens is 3. The van der Waals surface area contributed by atoms with E-state index in [0.29, 0.717) is 57.4 Å². The van der Waals surface area contributed by atoms with E-state index in [1.807, 2.05) is 11.0 Å². The number of aldehydes is 1. The zero-order chi connectivity index (χ0) is 26.8. The summed E-state index contributed by atoms with van der Waals surface area (Å²) in [4.78, 5) is 18.8. The van der Waals surface area contributed by atoms with Crippen molar-refractivity contribution < 1.29 is 18.7 Å². The van der Waals surface area contributed by atoms with Crippen molar-refractivity contribution in [1.29, 1.82) is 0 Å². The van der Waals surface area contributed by atoms with E-state index >= 15 is 0 Å². The van der Waals surface area contributed by atoms with Crippen molar-refractivity contribution in [3.8, 4) is 11.5 Å². The third-order valence-electron chi connectivity index (χ3n) is 6.96. The van der Waals surface area contributed by atoms with Crippen LogP contribution in [0.15, 0.2) is 18.3 Å². The smallest absolute Gasteiger partial charge is 0.191 e. The van der Waals surface area contributed by atoms with Gasteiger partial charge in [-0.3, -0.25) is 0 Å². The van der Waals surface area contributed by atoms with Gasteiger partial charge in [0.05, 0.1) is 24.3 Å². The highest BCUT2D eigenvalue weighted by molar-refractivity contribution is 6.74. The molecule has 0 fully saturated rings. The van der Waals surface area contributed by atoms with Gasteiger partial charge in [0.2, 0.25) is 0 Å². The first-order chi connectivity index (χ1) is 16.9. The molecule has 1 aliphatic rings. The molecule has 1 atom stereocenters. The van der Waals surface area contributed by atoms with Gasteiger partial charge in [-0.05, 0) is 42.3 Å². The minimum atomic E-state index is -1.89.